The number of methoxy groups -OCH3 is 1. The number of amides is 1. The van der Waals surface area contributed by atoms with Crippen molar-refractivity contribution < 1.29 is 19.2 Å². The number of nitrogens with one attached hydrogen (secondary N) is 2. The molecule has 0 saturated heterocycles. The van der Waals surface area contributed by atoms with Crippen LogP contribution in [0.3, 0.4) is 0 Å². The van der Waals surface area contributed by atoms with E-state index in [0.717, 1.165) is 11.1 Å². The van der Waals surface area contributed by atoms with Crippen LogP contribution in [0.5, 0.6) is 0 Å². The van der Waals surface area contributed by atoms with Crippen molar-refractivity contribution in [1.29, 1.82) is 5.41 Å². The number of nitrogen functional groups attached to an aromatic ring is 2. The average Bonchev–Trinajstić information content (AvgIpc) is 3.30. The van der Waals surface area contributed by atoms with Crippen LogP contribution in [0.4, 0.5) is 11.4 Å². The highest BCUT2D eigenvalue weighted by Crippen LogP contribution is 2.33. The van der Waals surface area contributed by atoms with E-state index in [2.05, 4.69) is 10.5 Å². The van der Waals surface area contributed by atoms with E-state index in [4.69, 9.17) is 26.5 Å². The summed E-state index contributed by atoms with van der Waals surface area (Å²) in [5.41, 5.74) is 14.5. The maximum atomic E-state index is 13.3. The smallest absolute Gasteiger partial charge is 0.310 e. The number of nitrogens with zero attached hydrogens (tertiary/aromatic N) is 1. The fourth-order valence-corrected chi connectivity index (χ4v) is 3.77. The Kier molecular flexibility index (Phi) is 6.50. The predicted molar refractivity (Wildman–Crippen MR) is 134 cm³/mol. The lowest BCUT2D eigenvalue weighted by Gasteiger charge is -2.24. The molecule has 0 bridgehead atoms. The first-order chi connectivity index (χ1) is 16.8. The summed E-state index contributed by atoms with van der Waals surface area (Å²) in [6.45, 7) is 0. The molecule has 3 aromatic rings. The van der Waals surface area contributed by atoms with Gasteiger partial charge in [-0.15, -0.1) is 0 Å². The van der Waals surface area contributed by atoms with Gasteiger partial charge in [-0.1, -0.05) is 47.6 Å². The lowest BCUT2D eigenvalue weighted by atomic mass is 9.89. The van der Waals surface area contributed by atoms with Crippen LogP contribution in [0.1, 0.15) is 24.0 Å². The highest BCUT2D eigenvalue weighted by molar-refractivity contribution is 6.10. The molecule has 0 fully saturated rings. The zero-order valence-corrected chi connectivity index (χ0v) is 19.1. The number of esters is 1. The van der Waals surface area contributed by atoms with Crippen LogP contribution >= 0.6 is 0 Å². The van der Waals surface area contributed by atoms with Gasteiger partial charge in [-0.05, 0) is 41.5 Å². The monoisotopic (exact) mass is 471 g/mol. The van der Waals surface area contributed by atoms with Crippen LogP contribution in [0, 0.1) is 5.41 Å². The number of ether oxygens (including phenoxy) is 1. The topological polar surface area (TPSA) is 153 Å². The van der Waals surface area contributed by atoms with Crippen molar-refractivity contribution in [1.82, 2.24) is 0 Å². The Bertz CT molecular complexity index is 1300. The number of oxime groups is 1. The van der Waals surface area contributed by atoms with Crippen molar-refractivity contribution in [2.75, 3.05) is 18.2 Å². The van der Waals surface area contributed by atoms with Crippen molar-refractivity contribution in [3.63, 3.8) is 0 Å². The Balaban J connectivity index is 1.54. The Morgan fingerprint density at radius 3 is 2.34 bits per heavy atom. The van der Waals surface area contributed by atoms with E-state index < -0.39 is 17.5 Å². The molecule has 1 aliphatic heterocycles. The molecule has 1 amide bonds. The molecule has 35 heavy (non-hydrogen) atoms. The summed E-state index contributed by atoms with van der Waals surface area (Å²) in [4.78, 5) is 31.1. The summed E-state index contributed by atoms with van der Waals surface area (Å²) in [6.07, 6.45) is -0.281. The van der Waals surface area contributed by atoms with Crippen molar-refractivity contribution in [2.24, 2.45) is 10.9 Å². The first kappa shape index (κ1) is 23.5. The Hall–Kier alpha value is -4.66. The maximum absolute atomic E-state index is 13.3. The number of anilines is 2. The molecular formula is C26H25N5O4. The van der Waals surface area contributed by atoms with Crippen molar-refractivity contribution in [3.8, 4) is 11.1 Å². The first-order valence-corrected chi connectivity index (χ1v) is 10.8. The highest BCUT2D eigenvalue weighted by Gasteiger charge is 2.49. The normalized spacial score (nSPS) is 16.7. The SMILES string of the molecule is COC(=O)CC1(C(=O)Nc2ccc(-c3ccc(N)cc3)cc2)CC(c2cccc(C(=N)N)c2)=NO1. The van der Waals surface area contributed by atoms with Gasteiger partial charge in [0, 0.05) is 28.9 Å². The van der Waals surface area contributed by atoms with Crippen LogP contribution in [-0.4, -0.2) is 36.1 Å². The maximum Gasteiger partial charge on any atom is 0.310 e. The van der Waals surface area contributed by atoms with E-state index in [1.54, 1.807) is 36.4 Å². The lowest BCUT2D eigenvalue weighted by molar-refractivity contribution is -0.155. The fourth-order valence-electron chi connectivity index (χ4n) is 3.77. The first-order valence-electron chi connectivity index (χ1n) is 10.8. The summed E-state index contributed by atoms with van der Waals surface area (Å²) in [5.74, 6) is -1.22. The molecule has 3 aromatic carbocycles. The molecule has 1 heterocycles. The average molecular weight is 472 g/mol. The minimum Gasteiger partial charge on any atom is -0.469 e. The standard InChI is InChI=1S/C26H25N5O4/c1-34-23(32)15-26(14-22(31-35-26)18-3-2-4-19(13-18)24(28)29)25(33)30-21-11-7-17(8-12-21)16-5-9-20(27)10-6-16/h2-13H,14-15,27H2,1H3,(H3,28,29)(H,30,33). The van der Waals surface area contributed by atoms with Crippen molar-refractivity contribution >= 4 is 34.8 Å². The summed E-state index contributed by atoms with van der Waals surface area (Å²) < 4.78 is 4.80. The second-order valence-electron chi connectivity index (χ2n) is 8.20. The zero-order valence-electron chi connectivity index (χ0n) is 19.1. The Morgan fingerprint density at radius 2 is 1.71 bits per heavy atom. The molecule has 4 rings (SSSR count). The summed E-state index contributed by atoms with van der Waals surface area (Å²) in [6, 6.07) is 21.7. The van der Waals surface area contributed by atoms with Gasteiger partial charge in [0.05, 0.1) is 19.2 Å². The third-order valence-corrected chi connectivity index (χ3v) is 5.75. The molecule has 178 valence electrons. The molecule has 0 aromatic heterocycles. The van der Waals surface area contributed by atoms with Gasteiger partial charge in [-0.3, -0.25) is 15.0 Å². The van der Waals surface area contributed by atoms with Crippen LogP contribution in [0.2, 0.25) is 0 Å². The summed E-state index contributed by atoms with van der Waals surface area (Å²) >= 11 is 0. The fraction of sp³-hybridized carbons (Fsp3) is 0.154. The van der Waals surface area contributed by atoms with Crippen molar-refractivity contribution in [3.05, 3.63) is 83.9 Å². The molecular weight excluding hydrogens is 446 g/mol. The molecule has 1 aliphatic rings. The minimum atomic E-state index is -1.58. The van der Waals surface area contributed by atoms with Gasteiger partial charge in [0.2, 0.25) is 5.60 Å². The molecule has 0 saturated carbocycles. The van der Waals surface area contributed by atoms with Gasteiger partial charge in [0.15, 0.2) is 0 Å². The number of carbonyl (C=O) groups excluding carboxylic acids is 2. The number of amidine groups is 1. The third kappa shape index (κ3) is 5.14. The largest absolute Gasteiger partial charge is 0.469 e. The number of hydrogen-bond acceptors (Lipinski definition) is 7. The van der Waals surface area contributed by atoms with Gasteiger partial charge in [-0.2, -0.15) is 0 Å². The summed E-state index contributed by atoms with van der Waals surface area (Å²) in [5, 5.41) is 14.6. The molecule has 6 N–H and O–H groups in total. The van der Waals surface area contributed by atoms with Gasteiger partial charge >= 0.3 is 5.97 Å². The van der Waals surface area contributed by atoms with E-state index in [1.165, 1.54) is 7.11 Å². The molecule has 0 radical (unpaired) electrons. The second-order valence-corrected chi connectivity index (χ2v) is 8.20. The quantitative estimate of drug-likeness (QED) is 0.180. The van der Waals surface area contributed by atoms with Gasteiger partial charge in [0.1, 0.15) is 5.84 Å². The predicted octanol–water partition coefficient (Wildman–Crippen LogP) is 3.28. The molecule has 1 atom stereocenters. The zero-order chi connectivity index (χ0) is 25.0. The van der Waals surface area contributed by atoms with Crippen LogP contribution in [-0.2, 0) is 19.2 Å². The van der Waals surface area contributed by atoms with E-state index in [1.807, 2.05) is 36.4 Å². The second kappa shape index (κ2) is 9.68. The third-order valence-electron chi connectivity index (χ3n) is 5.75. The minimum absolute atomic E-state index is 0.0405. The molecule has 9 nitrogen and oxygen atoms in total. The van der Waals surface area contributed by atoms with E-state index in [9.17, 15) is 9.59 Å². The van der Waals surface area contributed by atoms with Crippen LogP contribution in [0.25, 0.3) is 11.1 Å². The van der Waals surface area contributed by atoms with Crippen LogP contribution in [0.15, 0.2) is 78.0 Å². The van der Waals surface area contributed by atoms with Gasteiger partial charge in [-0.25, -0.2) is 0 Å². The van der Waals surface area contributed by atoms with Crippen LogP contribution < -0.4 is 16.8 Å². The number of rotatable bonds is 7. The Labute approximate surface area is 202 Å². The number of nitrogens with two attached hydrogens (primary N) is 2. The Morgan fingerprint density at radius 1 is 1.06 bits per heavy atom. The molecule has 1 unspecified atom stereocenters. The number of benzene rings is 3. The highest BCUT2D eigenvalue weighted by atomic mass is 16.7. The van der Waals surface area contributed by atoms with E-state index in [0.29, 0.717) is 28.2 Å². The van der Waals surface area contributed by atoms with Gasteiger partial charge < -0.3 is 26.4 Å². The molecule has 0 spiro atoms. The number of carbonyl (C=O) groups is 2. The summed E-state index contributed by atoms with van der Waals surface area (Å²) in [7, 11) is 1.25. The number of hydrogen-bond donors (Lipinski definition) is 4. The molecule has 0 aliphatic carbocycles. The lowest BCUT2D eigenvalue weighted by Crippen LogP contribution is -2.45. The van der Waals surface area contributed by atoms with E-state index >= 15 is 0 Å². The van der Waals surface area contributed by atoms with Crippen molar-refractivity contribution in [2.45, 2.75) is 18.4 Å². The van der Waals surface area contributed by atoms with Gasteiger partial charge in [0.25, 0.3) is 5.91 Å². The van der Waals surface area contributed by atoms with E-state index in [-0.39, 0.29) is 18.7 Å². The molecule has 9 heteroatoms.